The second-order valence-electron chi connectivity index (χ2n) is 6.92. The minimum absolute atomic E-state index is 0.0545. The fourth-order valence-corrected chi connectivity index (χ4v) is 5.35. The lowest BCUT2D eigenvalue weighted by Gasteiger charge is -2.13. The second-order valence-corrected chi connectivity index (χ2v) is 10.1. The Morgan fingerprint density at radius 1 is 0.909 bits per heavy atom. The fourth-order valence-electron chi connectivity index (χ4n) is 3.03. The molecule has 0 aliphatic rings. The highest BCUT2D eigenvalue weighted by Gasteiger charge is 2.30. The Morgan fingerprint density at radius 3 is 2.33 bits per heavy atom. The summed E-state index contributed by atoms with van der Waals surface area (Å²) in [5, 5.41) is 3.15. The van der Waals surface area contributed by atoms with Gasteiger partial charge in [-0.2, -0.15) is 13.2 Å². The standard InChI is InChI=1S/C22H14ClF3N2O3S2/c23-15-4-3-5-16(12-15)33(30,31)28-18-7-2-1-6-17(18)27-21(29)20-11-13-10-14(22(24,25)26)8-9-19(13)32-20/h1-12,28H,(H,27,29). The molecule has 0 unspecified atom stereocenters. The summed E-state index contributed by atoms with van der Waals surface area (Å²) >= 11 is 6.91. The van der Waals surface area contributed by atoms with Crippen molar-refractivity contribution >= 4 is 60.3 Å². The Balaban J connectivity index is 1.59. The molecule has 0 radical (unpaired) electrons. The van der Waals surface area contributed by atoms with Crippen molar-refractivity contribution in [2.45, 2.75) is 11.1 Å². The van der Waals surface area contributed by atoms with E-state index in [2.05, 4.69) is 10.0 Å². The number of halogens is 4. The van der Waals surface area contributed by atoms with E-state index in [1.165, 1.54) is 48.5 Å². The van der Waals surface area contributed by atoms with Crippen LogP contribution in [0.25, 0.3) is 10.1 Å². The first-order valence-corrected chi connectivity index (χ1v) is 12.0. The lowest BCUT2D eigenvalue weighted by Crippen LogP contribution is -2.16. The number of benzene rings is 3. The molecular weight excluding hydrogens is 497 g/mol. The number of alkyl halides is 3. The van der Waals surface area contributed by atoms with E-state index in [9.17, 15) is 26.4 Å². The Labute approximate surface area is 195 Å². The normalized spacial score (nSPS) is 12.0. The number of sulfonamides is 1. The predicted molar refractivity (Wildman–Crippen MR) is 123 cm³/mol. The quantitative estimate of drug-likeness (QED) is 0.316. The number of rotatable bonds is 5. The number of hydrogen-bond donors (Lipinski definition) is 2. The summed E-state index contributed by atoms with van der Waals surface area (Å²) < 4.78 is 67.2. The van der Waals surface area contributed by atoms with Crippen molar-refractivity contribution in [2.75, 3.05) is 10.0 Å². The van der Waals surface area contributed by atoms with Gasteiger partial charge in [-0.05, 0) is 60.0 Å². The molecule has 4 rings (SSSR count). The zero-order valence-electron chi connectivity index (χ0n) is 16.5. The molecular formula is C22H14ClF3N2O3S2. The number of thiophene rings is 1. The van der Waals surface area contributed by atoms with E-state index in [0.29, 0.717) is 4.70 Å². The maximum Gasteiger partial charge on any atom is 0.416 e. The highest BCUT2D eigenvalue weighted by Crippen LogP contribution is 2.35. The Bertz CT molecular complexity index is 1470. The van der Waals surface area contributed by atoms with Gasteiger partial charge in [0.05, 0.1) is 26.7 Å². The monoisotopic (exact) mass is 510 g/mol. The van der Waals surface area contributed by atoms with Gasteiger partial charge in [0.2, 0.25) is 0 Å². The van der Waals surface area contributed by atoms with Gasteiger partial charge in [-0.1, -0.05) is 29.8 Å². The number of amides is 1. The van der Waals surface area contributed by atoms with Crippen molar-refractivity contribution in [1.82, 2.24) is 0 Å². The van der Waals surface area contributed by atoms with E-state index in [4.69, 9.17) is 11.6 Å². The van der Waals surface area contributed by atoms with E-state index in [0.717, 1.165) is 23.5 Å². The molecule has 3 aromatic carbocycles. The van der Waals surface area contributed by atoms with Crippen LogP contribution in [0.15, 0.2) is 77.7 Å². The third-order valence-corrected chi connectivity index (χ3v) is 7.31. The van der Waals surface area contributed by atoms with Crippen LogP contribution in [0.5, 0.6) is 0 Å². The zero-order chi connectivity index (χ0) is 23.8. The molecule has 0 fully saturated rings. The van der Waals surface area contributed by atoms with Crippen molar-refractivity contribution in [1.29, 1.82) is 0 Å². The Kier molecular flexibility index (Phi) is 6.08. The molecule has 0 saturated heterocycles. The number of hydrogen-bond acceptors (Lipinski definition) is 4. The van der Waals surface area contributed by atoms with Crippen LogP contribution in [0.2, 0.25) is 5.02 Å². The van der Waals surface area contributed by atoms with E-state index in [1.807, 2.05) is 0 Å². The molecule has 0 bridgehead atoms. The molecule has 1 heterocycles. The maximum absolute atomic E-state index is 13.0. The summed E-state index contributed by atoms with van der Waals surface area (Å²) in [6.07, 6.45) is -4.49. The van der Waals surface area contributed by atoms with Crippen LogP contribution >= 0.6 is 22.9 Å². The lowest BCUT2D eigenvalue weighted by atomic mass is 10.1. The van der Waals surface area contributed by atoms with E-state index in [-0.39, 0.29) is 31.6 Å². The molecule has 0 aliphatic heterocycles. The molecule has 1 aromatic heterocycles. The topological polar surface area (TPSA) is 75.3 Å². The molecule has 170 valence electrons. The number of para-hydroxylation sites is 2. The molecule has 0 saturated carbocycles. The number of carbonyl (C=O) groups excluding carboxylic acids is 1. The average Bonchev–Trinajstić information content (AvgIpc) is 3.18. The minimum atomic E-state index is -4.49. The number of carbonyl (C=O) groups is 1. The van der Waals surface area contributed by atoms with Crippen LogP contribution < -0.4 is 10.0 Å². The smallest absolute Gasteiger partial charge is 0.319 e. The molecule has 11 heteroatoms. The summed E-state index contributed by atoms with van der Waals surface area (Å²) in [6, 6.07) is 16.5. The van der Waals surface area contributed by atoms with Crippen LogP contribution in [0.1, 0.15) is 15.2 Å². The van der Waals surface area contributed by atoms with Crippen molar-refractivity contribution in [2.24, 2.45) is 0 Å². The van der Waals surface area contributed by atoms with Gasteiger partial charge in [0.25, 0.3) is 15.9 Å². The van der Waals surface area contributed by atoms with Gasteiger partial charge in [0.1, 0.15) is 0 Å². The molecule has 1 amide bonds. The average molecular weight is 511 g/mol. The Morgan fingerprint density at radius 2 is 1.64 bits per heavy atom. The first-order valence-electron chi connectivity index (χ1n) is 9.32. The molecule has 4 aromatic rings. The molecule has 33 heavy (non-hydrogen) atoms. The Hall–Kier alpha value is -3.08. The van der Waals surface area contributed by atoms with Crippen molar-refractivity contribution in [3.05, 3.63) is 88.3 Å². The van der Waals surface area contributed by atoms with Gasteiger partial charge in [-0.15, -0.1) is 11.3 Å². The lowest BCUT2D eigenvalue weighted by molar-refractivity contribution is -0.137. The van der Waals surface area contributed by atoms with Crippen LogP contribution in [0, 0.1) is 0 Å². The number of nitrogens with one attached hydrogen (secondary N) is 2. The third kappa shape index (κ3) is 5.13. The maximum atomic E-state index is 13.0. The highest BCUT2D eigenvalue weighted by molar-refractivity contribution is 7.92. The first kappa shape index (κ1) is 23.1. The van der Waals surface area contributed by atoms with Crippen molar-refractivity contribution in [3.63, 3.8) is 0 Å². The first-order chi connectivity index (χ1) is 15.5. The zero-order valence-corrected chi connectivity index (χ0v) is 18.9. The largest absolute Gasteiger partial charge is 0.416 e. The van der Waals surface area contributed by atoms with Gasteiger partial charge in [-0.25, -0.2) is 8.42 Å². The molecule has 0 spiro atoms. The van der Waals surface area contributed by atoms with Crippen LogP contribution in [0.4, 0.5) is 24.5 Å². The molecule has 0 atom stereocenters. The van der Waals surface area contributed by atoms with Gasteiger partial charge in [0.15, 0.2) is 0 Å². The van der Waals surface area contributed by atoms with Crippen LogP contribution in [0.3, 0.4) is 0 Å². The van der Waals surface area contributed by atoms with Crippen molar-refractivity contribution in [3.8, 4) is 0 Å². The van der Waals surface area contributed by atoms with Gasteiger partial charge >= 0.3 is 6.18 Å². The second kappa shape index (κ2) is 8.69. The van der Waals surface area contributed by atoms with Gasteiger partial charge < -0.3 is 5.32 Å². The summed E-state index contributed by atoms with van der Waals surface area (Å²) in [6.45, 7) is 0. The van der Waals surface area contributed by atoms with Gasteiger partial charge in [-0.3, -0.25) is 9.52 Å². The van der Waals surface area contributed by atoms with E-state index < -0.39 is 27.7 Å². The molecule has 0 aliphatic carbocycles. The molecule has 2 N–H and O–H groups in total. The summed E-state index contributed by atoms with van der Waals surface area (Å²) in [5.41, 5.74) is -0.506. The summed E-state index contributed by atoms with van der Waals surface area (Å²) in [4.78, 5) is 12.9. The predicted octanol–water partition coefficient (Wildman–Crippen LogP) is 6.63. The van der Waals surface area contributed by atoms with E-state index in [1.54, 1.807) is 12.1 Å². The van der Waals surface area contributed by atoms with Gasteiger partial charge in [0, 0.05) is 9.72 Å². The summed E-state index contributed by atoms with van der Waals surface area (Å²) in [7, 11) is -3.99. The number of anilines is 2. The van der Waals surface area contributed by atoms with E-state index >= 15 is 0 Å². The SMILES string of the molecule is O=C(Nc1ccccc1NS(=O)(=O)c1cccc(Cl)c1)c1cc2cc(C(F)(F)F)ccc2s1. The molecule has 5 nitrogen and oxygen atoms in total. The third-order valence-electron chi connectivity index (χ3n) is 4.59. The minimum Gasteiger partial charge on any atom is -0.319 e. The highest BCUT2D eigenvalue weighted by atomic mass is 35.5. The summed E-state index contributed by atoms with van der Waals surface area (Å²) in [5.74, 6) is -0.584. The van der Waals surface area contributed by atoms with Crippen molar-refractivity contribution < 1.29 is 26.4 Å². The van der Waals surface area contributed by atoms with Crippen LogP contribution in [-0.4, -0.2) is 14.3 Å². The van der Waals surface area contributed by atoms with Crippen LogP contribution in [-0.2, 0) is 16.2 Å². The fraction of sp³-hybridized carbons (Fsp3) is 0.0455. The number of fused-ring (bicyclic) bond motifs is 1.